The summed E-state index contributed by atoms with van der Waals surface area (Å²) in [6, 6.07) is -0.950. The molecule has 2 N–H and O–H groups in total. The Hall–Kier alpha value is -1.59. The summed E-state index contributed by atoms with van der Waals surface area (Å²) < 4.78 is 5.63. The smallest absolute Gasteiger partial charge is 0.325 e. The number of carbonyl (C=O) groups excluding carboxylic acids is 2. The van der Waals surface area contributed by atoms with Gasteiger partial charge in [0, 0.05) is 6.42 Å². The predicted molar refractivity (Wildman–Crippen MR) is 134 cm³/mol. The van der Waals surface area contributed by atoms with E-state index in [4.69, 9.17) is 9.84 Å². The van der Waals surface area contributed by atoms with Gasteiger partial charge in [0.1, 0.15) is 12.1 Å². The maximum atomic E-state index is 12.3. The average molecular weight is 470 g/mol. The molecule has 1 unspecified atom stereocenters. The van der Waals surface area contributed by atoms with E-state index in [9.17, 15) is 14.4 Å². The lowest BCUT2D eigenvalue weighted by atomic mass is 10.0. The van der Waals surface area contributed by atoms with Crippen molar-refractivity contribution in [3.8, 4) is 0 Å². The number of hydrogen-bond acceptors (Lipinski definition) is 4. The molecule has 6 nitrogen and oxygen atoms in total. The molecule has 0 aromatic carbocycles. The highest BCUT2D eigenvalue weighted by molar-refractivity contribution is 5.83. The largest absolute Gasteiger partial charge is 0.480 e. The molecule has 0 rings (SSSR count). The van der Waals surface area contributed by atoms with E-state index in [0.717, 1.165) is 38.5 Å². The molecule has 2 atom stereocenters. The number of esters is 1. The molecule has 0 aromatic heterocycles. The molecule has 0 heterocycles. The van der Waals surface area contributed by atoms with Crippen LogP contribution in [0.15, 0.2) is 0 Å². The van der Waals surface area contributed by atoms with Crippen LogP contribution in [0.2, 0.25) is 0 Å². The molecule has 0 saturated carbocycles. The molecule has 6 heteroatoms. The first-order valence-corrected chi connectivity index (χ1v) is 13.6. The van der Waals surface area contributed by atoms with Crippen molar-refractivity contribution in [1.82, 2.24) is 5.32 Å². The van der Waals surface area contributed by atoms with Crippen LogP contribution in [0.4, 0.5) is 0 Å². The van der Waals surface area contributed by atoms with E-state index in [1.54, 1.807) is 0 Å². The molecule has 0 aliphatic carbocycles. The molecular formula is C27H51NO5. The highest BCUT2D eigenvalue weighted by Crippen LogP contribution is 2.16. The summed E-state index contributed by atoms with van der Waals surface area (Å²) in [5, 5.41) is 11.5. The topological polar surface area (TPSA) is 92.7 Å². The molecular weight excluding hydrogens is 418 g/mol. The Bertz CT molecular complexity index is 509. The fourth-order valence-corrected chi connectivity index (χ4v) is 3.93. The third-order valence-corrected chi connectivity index (χ3v) is 6.07. The molecule has 0 saturated heterocycles. The fraction of sp³-hybridized carbons (Fsp3) is 0.889. The lowest BCUT2D eigenvalue weighted by molar-refractivity contribution is -0.151. The number of rotatable bonds is 23. The maximum absolute atomic E-state index is 12.3. The van der Waals surface area contributed by atoms with E-state index in [1.165, 1.54) is 71.1 Å². The standard InChI is InChI=1S/C27H51NO5/c1-4-6-8-10-12-13-15-16-18-20-24(22-25(29)28-23(3)27(31)32)33-26(30)21-19-17-14-11-9-7-5-2/h23-24H,4-22H2,1-3H3,(H,28,29)(H,31,32)/t23?,24-/m1/s1. The van der Waals surface area contributed by atoms with Crippen molar-refractivity contribution >= 4 is 17.8 Å². The van der Waals surface area contributed by atoms with Gasteiger partial charge in [0.2, 0.25) is 5.91 Å². The number of carbonyl (C=O) groups is 3. The summed E-state index contributed by atoms with van der Waals surface area (Å²) in [5.74, 6) is -1.70. The number of carboxylic acid groups (broad SMARTS) is 1. The van der Waals surface area contributed by atoms with E-state index < -0.39 is 18.1 Å². The average Bonchev–Trinajstić information content (AvgIpc) is 2.77. The van der Waals surface area contributed by atoms with Crippen molar-refractivity contribution in [2.75, 3.05) is 0 Å². The van der Waals surface area contributed by atoms with E-state index in [0.29, 0.717) is 12.8 Å². The minimum atomic E-state index is -1.07. The summed E-state index contributed by atoms with van der Waals surface area (Å²) in [4.78, 5) is 35.5. The molecule has 33 heavy (non-hydrogen) atoms. The lowest BCUT2D eigenvalue weighted by Gasteiger charge is -2.19. The quantitative estimate of drug-likeness (QED) is 0.125. The van der Waals surface area contributed by atoms with Crippen LogP contribution in [0.25, 0.3) is 0 Å². The second-order valence-electron chi connectivity index (χ2n) is 9.43. The zero-order chi connectivity index (χ0) is 24.7. The van der Waals surface area contributed by atoms with E-state index in [2.05, 4.69) is 19.2 Å². The van der Waals surface area contributed by atoms with Gasteiger partial charge in [0.25, 0.3) is 0 Å². The SMILES string of the molecule is CCCCCCCCCCC[C@H](CC(=O)NC(C)C(=O)O)OC(=O)CCCCCCCCC. The van der Waals surface area contributed by atoms with Crippen LogP contribution < -0.4 is 5.32 Å². The maximum Gasteiger partial charge on any atom is 0.325 e. The summed E-state index contributed by atoms with van der Waals surface area (Å²) in [6.45, 7) is 5.85. The molecule has 1 amide bonds. The summed E-state index contributed by atoms with van der Waals surface area (Å²) in [7, 11) is 0. The Morgan fingerprint density at radius 2 is 1.18 bits per heavy atom. The number of nitrogens with one attached hydrogen (secondary N) is 1. The Labute approximate surface area is 202 Å². The molecule has 0 aromatic rings. The monoisotopic (exact) mass is 469 g/mol. The molecule has 0 radical (unpaired) electrons. The van der Waals surface area contributed by atoms with Crippen LogP contribution in [0.1, 0.15) is 143 Å². The van der Waals surface area contributed by atoms with Crippen molar-refractivity contribution in [1.29, 1.82) is 0 Å². The van der Waals surface area contributed by atoms with E-state index in [1.807, 2.05) is 0 Å². The van der Waals surface area contributed by atoms with Gasteiger partial charge in [-0.25, -0.2) is 0 Å². The second-order valence-corrected chi connectivity index (χ2v) is 9.43. The zero-order valence-corrected chi connectivity index (χ0v) is 21.7. The Balaban J connectivity index is 4.29. The van der Waals surface area contributed by atoms with Crippen molar-refractivity contribution < 1.29 is 24.2 Å². The summed E-state index contributed by atoms with van der Waals surface area (Å²) in [6.07, 6.45) is 19.3. The predicted octanol–water partition coefficient (Wildman–Crippen LogP) is 6.94. The van der Waals surface area contributed by atoms with Crippen molar-refractivity contribution in [2.24, 2.45) is 0 Å². The first kappa shape index (κ1) is 31.4. The minimum Gasteiger partial charge on any atom is -0.480 e. The van der Waals surface area contributed by atoms with Crippen molar-refractivity contribution in [3.63, 3.8) is 0 Å². The van der Waals surface area contributed by atoms with Crippen LogP contribution in [-0.4, -0.2) is 35.1 Å². The third-order valence-electron chi connectivity index (χ3n) is 6.07. The number of carboxylic acids is 1. The Morgan fingerprint density at radius 3 is 1.67 bits per heavy atom. The van der Waals surface area contributed by atoms with E-state index >= 15 is 0 Å². The first-order valence-electron chi connectivity index (χ1n) is 13.6. The fourth-order valence-electron chi connectivity index (χ4n) is 3.93. The second kappa shape index (κ2) is 22.2. The van der Waals surface area contributed by atoms with Crippen molar-refractivity contribution in [2.45, 2.75) is 155 Å². The number of aliphatic carboxylic acids is 1. The Morgan fingerprint density at radius 1 is 0.727 bits per heavy atom. The van der Waals surface area contributed by atoms with Gasteiger partial charge in [-0.15, -0.1) is 0 Å². The Kier molecular flexibility index (Phi) is 21.1. The first-order chi connectivity index (χ1) is 15.9. The van der Waals surface area contributed by atoms with Gasteiger partial charge >= 0.3 is 11.9 Å². The van der Waals surface area contributed by atoms with Gasteiger partial charge in [0.05, 0.1) is 6.42 Å². The van der Waals surface area contributed by atoms with Gasteiger partial charge in [0.15, 0.2) is 0 Å². The van der Waals surface area contributed by atoms with Gasteiger partial charge in [-0.1, -0.05) is 104 Å². The van der Waals surface area contributed by atoms with Crippen LogP contribution in [0, 0.1) is 0 Å². The molecule has 0 aliphatic heterocycles. The lowest BCUT2D eigenvalue weighted by Crippen LogP contribution is -2.40. The van der Waals surface area contributed by atoms with Gasteiger partial charge in [-0.05, 0) is 26.2 Å². The zero-order valence-electron chi connectivity index (χ0n) is 21.7. The van der Waals surface area contributed by atoms with E-state index in [-0.39, 0.29) is 18.3 Å². The van der Waals surface area contributed by atoms with Crippen LogP contribution in [0.3, 0.4) is 0 Å². The normalized spacial score (nSPS) is 12.8. The minimum absolute atomic E-state index is 0.0252. The molecule has 0 bridgehead atoms. The highest BCUT2D eigenvalue weighted by Gasteiger charge is 2.21. The summed E-state index contributed by atoms with van der Waals surface area (Å²) >= 11 is 0. The number of amides is 1. The van der Waals surface area contributed by atoms with Crippen LogP contribution in [0.5, 0.6) is 0 Å². The molecule has 194 valence electrons. The van der Waals surface area contributed by atoms with Crippen LogP contribution in [-0.2, 0) is 19.1 Å². The molecule has 0 spiro atoms. The van der Waals surface area contributed by atoms with Gasteiger partial charge in [-0.3, -0.25) is 14.4 Å². The number of ether oxygens (including phenoxy) is 1. The highest BCUT2D eigenvalue weighted by atomic mass is 16.5. The van der Waals surface area contributed by atoms with Crippen LogP contribution >= 0.6 is 0 Å². The summed E-state index contributed by atoms with van der Waals surface area (Å²) in [5.41, 5.74) is 0. The molecule has 0 aliphatic rings. The third kappa shape index (κ3) is 20.7. The van der Waals surface area contributed by atoms with Gasteiger partial charge in [-0.2, -0.15) is 0 Å². The molecule has 0 fully saturated rings. The van der Waals surface area contributed by atoms with Gasteiger partial charge < -0.3 is 15.2 Å². The number of unbranched alkanes of at least 4 members (excludes halogenated alkanes) is 14. The van der Waals surface area contributed by atoms with Crippen molar-refractivity contribution in [3.05, 3.63) is 0 Å². The number of hydrogen-bond donors (Lipinski definition) is 2.